The van der Waals surface area contributed by atoms with E-state index >= 15 is 0 Å². The van der Waals surface area contributed by atoms with E-state index in [-0.39, 0.29) is 17.9 Å². The second-order valence-electron chi connectivity index (χ2n) is 3.71. The van der Waals surface area contributed by atoms with Gasteiger partial charge in [0.1, 0.15) is 0 Å². The molecule has 1 aliphatic heterocycles. The largest absolute Gasteiger partial charge is 0.481 e. The number of carboxylic acid groups (broad SMARTS) is 1. The van der Waals surface area contributed by atoms with Gasteiger partial charge >= 0.3 is 5.97 Å². The molecule has 0 saturated carbocycles. The number of aliphatic carboxylic acids is 1. The molecule has 0 saturated heterocycles. The van der Waals surface area contributed by atoms with E-state index in [1.807, 2.05) is 0 Å². The Balaban J connectivity index is 2.34. The lowest BCUT2D eigenvalue weighted by Crippen LogP contribution is -2.00. The highest BCUT2D eigenvalue weighted by Gasteiger charge is 2.24. The highest BCUT2D eigenvalue weighted by atomic mass is 32.2. The Kier molecular flexibility index (Phi) is 2.26. The number of fused-ring (bicyclic) bond motifs is 1. The van der Waals surface area contributed by atoms with Crippen molar-refractivity contribution in [1.29, 1.82) is 0 Å². The first-order valence-electron chi connectivity index (χ1n) is 4.49. The van der Waals surface area contributed by atoms with Crippen LogP contribution < -0.4 is 0 Å². The summed E-state index contributed by atoms with van der Waals surface area (Å²) in [7, 11) is -3.00. The fraction of sp³-hybridized carbons (Fsp3) is 0.300. The van der Waals surface area contributed by atoms with Crippen molar-refractivity contribution in [2.75, 3.05) is 0 Å². The lowest BCUT2D eigenvalue weighted by molar-refractivity contribution is -0.136. The molecule has 4 nitrogen and oxygen atoms in total. The molecule has 80 valence electrons. The first-order valence-corrected chi connectivity index (χ1v) is 6.31. The van der Waals surface area contributed by atoms with E-state index in [2.05, 4.69) is 0 Å². The second kappa shape index (κ2) is 3.34. The number of carbonyl (C=O) groups is 1. The van der Waals surface area contributed by atoms with Gasteiger partial charge in [0.15, 0.2) is 9.84 Å². The lowest BCUT2D eigenvalue weighted by atomic mass is 10.0. The molecule has 1 N–H and O–H groups in total. The molecule has 1 aromatic carbocycles. The first kappa shape index (κ1) is 10.2. The van der Waals surface area contributed by atoms with Crippen LogP contribution in [0.4, 0.5) is 0 Å². The van der Waals surface area contributed by atoms with E-state index in [0.29, 0.717) is 5.56 Å². The number of hydrogen-bond acceptors (Lipinski definition) is 3. The lowest BCUT2D eigenvalue weighted by Gasteiger charge is -2.00. The van der Waals surface area contributed by atoms with E-state index < -0.39 is 15.8 Å². The first-order chi connectivity index (χ1) is 6.96. The highest BCUT2D eigenvalue weighted by molar-refractivity contribution is 7.90. The van der Waals surface area contributed by atoms with Gasteiger partial charge in [-0.3, -0.25) is 4.79 Å². The maximum absolute atomic E-state index is 11.3. The summed E-state index contributed by atoms with van der Waals surface area (Å²) in [5, 5.41) is 8.60. The van der Waals surface area contributed by atoms with Crippen molar-refractivity contribution in [3.8, 4) is 0 Å². The summed E-state index contributed by atoms with van der Waals surface area (Å²) < 4.78 is 22.6. The van der Waals surface area contributed by atoms with Crippen LogP contribution in [0.2, 0.25) is 0 Å². The summed E-state index contributed by atoms with van der Waals surface area (Å²) in [6.45, 7) is 0. The topological polar surface area (TPSA) is 71.4 Å². The quantitative estimate of drug-likeness (QED) is 0.807. The Hall–Kier alpha value is -1.36. The van der Waals surface area contributed by atoms with Crippen LogP contribution in [0.3, 0.4) is 0 Å². The van der Waals surface area contributed by atoms with E-state index in [1.165, 1.54) is 0 Å². The predicted molar refractivity (Wildman–Crippen MR) is 54.1 cm³/mol. The van der Waals surface area contributed by atoms with Crippen molar-refractivity contribution in [3.05, 3.63) is 34.9 Å². The highest BCUT2D eigenvalue weighted by Crippen LogP contribution is 2.25. The van der Waals surface area contributed by atoms with Gasteiger partial charge in [0, 0.05) is 0 Å². The van der Waals surface area contributed by atoms with Gasteiger partial charge in [-0.15, -0.1) is 0 Å². The average molecular weight is 226 g/mol. The fourth-order valence-electron chi connectivity index (χ4n) is 1.76. The summed E-state index contributed by atoms with van der Waals surface area (Å²) in [4.78, 5) is 10.5. The van der Waals surface area contributed by atoms with Gasteiger partial charge in [0.25, 0.3) is 0 Å². The molecule has 0 unspecified atom stereocenters. The molecule has 0 aromatic heterocycles. The smallest absolute Gasteiger partial charge is 0.307 e. The summed E-state index contributed by atoms with van der Waals surface area (Å²) in [5.41, 5.74) is 2.19. The van der Waals surface area contributed by atoms with Gasteiger partial charge in [-0.05, 0) is 16.7 Å². The molecule has 0 radical (unpaired) electrons. The molecule has 0 atom stereocenters. The fourth-order valence-corrected chi connectivity index (χ4v) is 3.36. The summed E-state index contributed by atoms with van der Waals surface area (Å²) in [5.74, 6) is -0.790. The van der Waals surface area contributed by atoms with Gasteiger partial charge in [0.2, 0.25) is 0 Å². The monoisotopic (exact) mass is 226 g/mol. The van der Waals surface area contributed by atoms with Crippen LogP contribution in [0.25, 0.3) is 0 Å². The summed E-state index contributed by atoms with van der Waals surface area (Å²) >= 11 is 0. The van der Waals surface area contributed by atoms with Crippen LogP contribution in [0.1, 0.15) is 16.7 Å². The molecule has 5 heteroatoms. The van der Waals surface area contributed by atoms with E-state index in [4.69, 9.17) is 5.11 Å². The number of hydrogen-bond donors (Lipinski definition) is 1. The van der Waals surface area contributed by atoms with Gasteiger partial charge in [0.05, 0.1) is 17.9 Å². The average Bonchev–Trinajstić information content (AvgIpc) is 2.36. The maximum Gasteiger partial charge on any atom is 0.307 e. The molecule has 15 heavy (non-hydrogen) atoms. The third-order valence-electron chi connectivity index (χ3n) is 2.38. The predicted octanol–water partition coefficient (Wildman–Crippen LogP) is 0.742. The normalized spacial score (nSPS) is 17.3. The van der Waals surface area contributed by atoms with Crippen molar-refractivity contribution in [2.45, 2.75) is 17.9 Å². The summed E-state index contributed by atoms with van der Waals surface area (Å²) in [6.07, 6.45) is -0.0622. The van der Waals surface area contributed by atoms with Gasteiger partial charge in [-0.25, -0.2) is 8.42 Å². The van der Waals surface area contributed by atoms with Crippen molar-refractivity contribution in [3.63, 3.8) is 0 Å². The Morgan fingerprint density at radius 3 is 2.60 bits per heavy atom. The molecule has 2 rings (SSSR count). The van der Waals surface area contributed by atoms with Gasteiger partial charge in [-0.1, -0.05) is 18.2 Å². The van der Waals surface area contributed by atoms with Crippen LogP contribution in [0, 0.1) is 0 Å². The van der Waals surface area contributed by atoms with Crippen molar-refractivity contribution in [2.24, 2.45) is 0 Å². The molecule has 1 aliphatic rings. The molecule has 1 heterocycles. The zero-order chi connectivity index (χ0) is 11.1. The molecule has 0 bridgehead atoms. The standard InChI is InChI=1S/C10H10O4S/c11-10(12)4-7-1-2-8-5-15(13,14)6-9(8)3-7/h1-3H,4-6H2,(H,11,12). The number of carboxylic acids is 1. The third-order valence-corrected chi connectivity index (χ3v) is 3.88. The summed E-state index contributed by atoms with van der Waals surface area (Å²) in [6, 6.07) is 5.06. The third kappa shape index (κ3) is 2.18. The maximum atomic E-state index is 11.3. The van der Waals surface area contributed by atoms with E-state index in [0.717, 1.165) is 11.1 Å². The Morgan fingerprint density at radius 2 is 1.93 bits per heavy atom. The molecular formula is C10H10O4S. The van der Waals surface area contributed by atoms with Crippen LogP contribution in [0.5, 0.6) is 0 Å². The molecule has 0 fully saturated rings. The molecule has 0 aliphatic carbocycles. The minimum absolute atomic E-state index is 0.0375. The number of benzene rings is 1. The van der Waals surface area contributed by atoms with Crippen LogP contribution in [0.15, 0.2) is 18.2 Å². The Labute approximate surface area is 87.5 Å². The SMILES string of the molecule is O=C(O)Cc1ccc2c(c1)CS(=O)(=O)C2. The molecular weight excluding hydrogens is 216 g/mol. The van der Waals surface area contributed by atoms with Crippen LogP contribution in [-0.4, -0.2) is 19.5 Å². The Morgan fingerprint density at radius 1 is 1.27 bits per heavy atom. The Bertz CT molecular complexity index is 516. The van der Waals surface area contributed by atoms with Crippen molar-refractivity contribution >= 4 is 15.8 Å². The van der Waals surface area contributed by atoms with Crippen molar-refractivity contribution in [1.82, 2.24) is 0 Å². The minimum Gasteiger partial charge on any atom is -0.481 e. The molecule has 0 spiro atoms. The molecule has 0 amide bonds. The van der Waals surface area contributed by atoms with Crippen molar-refractivity contribution < 1.29 is 18.3 Å². The number of sulfone groups is 1. The zero-order valence-corrected chi connectivity index (χ0v) is 8.75. The molecule has 1 aromatic rings. The van der Waals surface area contributed by atoms with E-state index in [1.54, 1.807) is 18.2 Å². The number of rotatable bonds is 2. The van der Waals surface area contributed by atoms with E-state index in [9.17, 15) is 13.2 Å². The second-order valence-corrected chi connectivity index (χ2v) is 5.77. The van der Waals surface area contributed by atoms with Crippen LogP contribution >= 0.6 is 0 Å². The zero-order valence-electron chi connectivity index (χ0n) is 7.93. The minimum atomic E-state index is -3.00. The van der Waals surface area contributed by atoms with Gasteiger partial charge < -0.3 is 5.11 Å². The van der Waals surface area contributed by atoms with Crippen LogP contribution in [-0.2, 0) is 32.6 Å². The van der Waals surface area contributed by atoms with Gasteiger partial charge in [-0.2, -0.15) is 0 Å².